The van der Waals surface area contributed by atoms with Crippen LogP contribution in [0.15, 0.2) is 24.3 Å². The molecule has 0 aliphatic carbocycles. The van der Waals surface area contributed by atoms with Gasteiger partial charge in [0.2, 0.25) is 0 Å². The van der Waals surface area contributed by atoms with Crippen molar-refractivity contribution in [2.75, 3.05) is 0 Å². The summed E-state index contributed by atoms with van der Waals surface area (Å²) in [5.41, 5.74) is 2.56. The van der Waals surface area contributed by atoms with E-state index < -0.39 is 0 Å². The molecule has 2 nitrogen and oxygen atoms in total. The molecule has 0 bridgehead atoms. The van der Waals surface area contributed by atoms with Crippen molar-refractivity contribution in [3.05, 3.63) is 35.4 Å². The lowest BCUT2D eigenvalue weighted by atomic mass is 9.80. The van der Waals surface area contributed by atoms with Gasteiger partial charge in [-0.05, 0) is 31.2 Å². The number of ether oxygens (including phenoxy) is 1. The minimum absolute atomic E-state index is 0.0164. The van der Waals surface area contributed by atoms with Crippen LogP contribution in [-0.2, 0) is 14.9 Å². The van der Waals surface area contributed by atoms with E-state index in [4.69, 9.17) is 4.74 Å². The first-order chi connectivity index (χ1) is 7.81. The highest BCUT2D eigenvalue weighted by molar-refractivity contribution is 5.66. The number of rotatable bonds is 4. The third-order valence-electron chi connectivity index (χ3n) is 3.00. The average molecular weight is 234 g/mol. The predicted molar refractivity (Wildman–Crippen MR) is 70.1 cm³/mol. The van der Waals surface area contributed by atoms with Gasteiger partial charge in [0.05, 0.1) is 6.10 Å². The highest BCUT2D eigenvalue weighted by Gasteiger charge is 2.24. The van der Waals surface area contributed by atoms with Crippen LogP contribution >= 0.6 is 0 Å². The largest absolute Gasteiger partial charge is 0.463 e. The number of benzene rings is 1. The number of hydrogen-bond donors (Lipinski definition) is 0. The summed E-state index contributed by atoms with van der Waals surface area (Å²) in [5.74, 6) is -0.211. The van der Waals surface area contributed by atoms with Gasteiger partial charge in [-0.3, -0.25) is 4.79 Å². The summed E-state index contributed by atoms with van der Waals surface area (Å²) >= 11 is 0. The molecule has 0 aliphatic rings. The van der Waals surface area contributed by atoms with E-state index in [1.54, 1.807) is 0 Å². The summed E-state index contributed by atoms with van der Waals surface area (Å²) in [5, 5.41) is 0. The third kappa shape index (κ3) is 4.22. The van der Waals surface area contributed by atoms with Gasteiger partial charge in [0.15, 0.2) is 0 Å². The Kier molecular flexibility index (Phi) is 4.33. The third-order valence-corrected chi connectivity index (χ3v) is 3.00. The topological polar surface area (TPSA) is 26.3 Å². The van der Waals surface area contributed by atoms with Gasteiger partial charge in [-0.2, -0.15) is 0 Å². The van der Waals surface area contributed by atoms with Crippen molar-refractivity contribution in [1.29, 1.82) is 0 Å². The molecule has 94 valence electrons. The summed E-state index contributed by atoms with van der Waals surface area (Å²) in [4.78, 5) is 10.9. The lowest BCUT2D eigenvalue weighted by Gasteiger charge is -2.28. The fourth-order valence-corrected chi connectivity index (χ4v) is 2.17. The first kappa shape index (κ1) is 13.8. The van der Waals surface area contributed by atoms with Gasteiger partial charge >= 0.3 is 5.97 Å². The maximum atomic E-state index is 10.9. The van der Waals surface area contributed by atoms with E-state index in [-0.39, 0.29) is 17.5 Å². The predicted octanol–water partition coefficient (Wildman–Crippen LogP) is 3.61. The molecular weight excluding hydrogens is 212 g/mol. The van der Waals surface area contributed by atoms with Gasteiger partial charge in [-0.15, -0.1) is 0 Å². The molecule has 0 saturated carbocycles. The number of aryl methyl sites for hydroxylation is 1. The standard InChI is InChI=1S/C15H22O2/c1-11-6-8-14(9-7-11)15(4,5)10-12(2)17-13(3)16/h6-9,12H,10H2,1-5H3. The van der Waals surface area contributed by atoms with E-state index in [0.29, 0.717) is 0 Å². The van der Waals surface area contributed by atoms with Gasteiger partial charge in [-0.25, -0.2) is 0 Å². The second kappa shape index (κ2) is 5.35. The number of carbonyl (C=O) groups excluding carboxylic acids is 1. The van der Waals surface area contributed by atoms with Gasteiger partial charge < -0.3 is 4.74 Å². The van der Waals surface area contributed by atoms with Crippen molar-refractivity contribution in [2.24, 2.45) is 0 Å². The second-order valence-corrected chi connectivity index (χ2v) is 5.37. The van der Waals surface area contributed by atoms with Crippen LogP contribution in [0.5, 0.6) is 0 Å². The molecule has 1 aromatic rings. The van der Waals surface area contributed by atoms with Crippen molar-refractivity contribution in [3.8, 4) is 0 Å². The Morgan fingerprint density at radius 2 is 1.82 bits per heavy atom. The van der Waals surface area contributed by atoms with Gasteiger partial charge in [0.25, 0.3) is 0 Å². The Bertz CT molecular complexity index is 376. The lowest BCUT2D eigenvalue weighted by molar-refractivity contribution is -0.146. The first-order valence-corrected chi connectivity index (χ1v) is 6.05. The van der Waals surface area contributed by atoms with E-state index in [2.05, 4.69) is 45.0 Å². The number of esters is 1. The molecule has 0 heterocycles. The van der Waals surface area contributed by atoms with E-state index in [1.165, 1.54) is 18.1 Å². The van der Waals surface area contributed by atoms with E-state index in [1.807, 2.05) is 6.92 Å². The summed E-state index contributed by atoms with van der Waals surface area (Å²) < 4.78 is 5.19. The van der Waals surface area contributed by atoms with Crippen molar-refractivity contribution in [3.63, 3.8) is 0 Å². The molecule has 1 rings (SSSR count). The summed E-state index contributed by atoms with van der Waals surface area (Å²) in [6.45, 7) is 9.83. The van der Waals surface area contributed by atoms with Crippen molar-refractivity contribution in [1.82, 2.24) is 0 Å². The quantitative estimate of drug-likeness (QED) is 0.744. The Labute approximate surface area is 104 Å². The van der Waals surface area contributed by atoms with Crippen LogP contribution in [-0.4, -0.2) is 12.1 Å². The SMILES string of the molecule is CC(=O)OC(C)CC(C)(C)c1ccc(C)cc1. The highest BCUT2D eigenvalue weighted by Crippen LogP contribution is 2.29. The van der Waals surface area contributed by atoms with Gasteiger partial charge in [0.1, 0.15) is 0 Å². The minimum Gasteiger partial charge on any atom is -0.463 e. The number of carbonyl (C=O) groups is 1. The first-order valence-electron chi connectivity index (χ1n) is 6.05. The second-order valence-electron chi connectivity index (χ2n) is 5.37. The monoisotopic (exact) mass is 234 g/mol. The molecule has 0 radical (unpaired) electrons. The zero-order valence-corrected chi connectivity index (χ0v) is 11.4. The molecule has 0 saturated heterocycles. The Morgan fingerprint density at radius 3 is 2.29 bits per heavy atom. The fraction of sp³-hybridized carbons (Fsp3) is 0.533. The van der Waals surface area contributed by atoms with Gasteiger partial charge in [0, 0.05) is 6.92 Å². The van der Waals surface area contributed by atoms with Crippen LogP contribution in [0.1, 0.15) is 45.2 Å². The molecular formula is C15H22O2. The smallest absolute Gasteiger partial charge is 0.302 e. The number of hydrogen-bond acceptors (Lipinski definition) is 2. The van der Waals surface area contributed by atoms with Crippen LogP contribution in [0, 0.1) is 6.92 Å². The molecule has 0 spiro atoms. The highest BCUT2D eigenvalue weighted by atomic mass is 16.5. The minimum atomic E-state index is -0.211. The van der Waals surface area contributed by atoms with Crippen LogP contribution < -0.4 is 0 Å². The Hall–Kier alpha value is -1.31. The molecule has 0 fully saturated rings. The maximum Gasteiger partial charge on any atom is 0.302 e. The molecule has 2 heteroatoms. The van der Waals surface area contributed by atoms with E-state index in [0.717, 1.165) is 6.42 Å². The Balaban J connectivity index is 2.73. The van der Waals surface area contributed by atoms with Crippen LogP contribution in [0.4, 0.5) is 0 Å². The van der Waals surface area contributed by atoms with Crippen LogP contribution in [0.2, 0.25) is 0 Å². The summed E-state index contributed by atoms with van der Waals surface area (Å²) in [6.07, 6.45) is 0.777. The summed E-state index contributed by atoms with van der Waals surface area (Å²) in [6, 6.07) is 8.53. The molecule has 1 aromatic carbocycles. The fourth-order valence-electron chi connectivity index (χ4n) is 2.17. The van der Waals surface area contributed by atoms with E-state index in [9.17, 15) is 4.79 Å². The van der Waals surface area contributed by atoms with Gasteiger partial charge in [-0.1, -0.05) is 43.7 Å². The zero-order valence-electron chi connectivity index (χ0n) is 11.4. The lowest BCUT2D eigenvalue weighted by Crippen LogP contribution is -2.25. The van der Waals surface area contributed by atoms with Crippen LogP contribution in [0.25, 0.3) is 0 Å². The average Bonchev–Trinajstić information content (AvgIpc) is 2.15. The van der Waals surface area contributed by atoms with Crippen molar-refractivity contribution in [2.45, 2.75) is 52.6 Å². The maximum absolute atomic E-state index is 10.9. The zero-order chi connectivity index (χ0) is 13.1. The molecule has 1 unspecified atom stereocenters. The van der Waals surface area contributed by atoms with Crippen molar-refractivity contribution >= 4 is 5.97 Å². The summed E-state index contributed by atoms with van der Waals surface area (Å²) in [7, 11) is 0. The molecule has 17 heavy (non-hydrogen) atoms. The molecule has 0 amide bonds. The Morgan fingerprint density at radius 1 is 1.29 bits per heavy atom. The molecule has 1 atom stereocenters. The molecule has 0 aliphatic heterocycles. The molecule has 0 N–H and O–H groups in total. The molecule has 0 aromatic heterocycles. The van der Waals surface area contributed by atoms with E-state index >= 15 is 0 Å². The van der Waals surface area contributed by atoms with Crippen LogP contribution in [0.3, 0.4) is 0 Å². The normalized spacial score (nSPS) is 13.2. The van der Waals surface area contributed by atoms with Crippen molar-refractivity contribution < 1.29 is 9.53 Å².